The molecule has 1 aliphatic rings. The van der Waals surface area contributed by atoms with E-state index in [4.69, 9.17) is 14.2 Å². The number of benzene rings is 2. The van der Waals surface area contributed by atoms with E-state index in [9.17, 15) is 0 Å². The molecule has 0 atom stereocenters. The number of para-hydroxylation sites is 1. The third-order valence-corrected chi connectivity index (χ3v) is 5.26. The highest BCUT2D eigenvalue weighted by atomic mass is 79.9. The monoisotopic (exact) mass is 419 g/mol. The van der Waals surface area contributed by atoms with Gasteiger partial charge in [0.05, 0.1) is 24.8 Å². The molecular formula is C21H26BrNO3. The lowest BCUT2D eigenvalue weighted by Gasteiger charge is -2.26. The molecule has 5 heteroatoms. The molecule has 1 heterocycles. The van der Waals surface area contributed by atoms with Crippen LogP contribution in [0.2, 0.25) is 0 Å². The van der Waals surface area contributed by atoms with E-state index in [-0.39, 0.29) is 0 Å². The maximum absolute atomic E-state index is 5.97. The highest BCUT2D eigenvalue weighted by Gasteiger charge is 2.11. The Kier molecular flexibility index (Phi) is 7.35. The zero-order valence-corrected chi connectivity index (χ0v) is 16.8. The SMILES string of the molecule is COc1ccc(CCCN2CCOCC2)cc1COc1ccccc1Br. The standard InChI is InChI=1S/C21H26BrNO3/c1-24-20-9-8-17(5-4-10-23-11-13-25-14-12-23)15-18(20)16-26-21-7-3-2-6-19(21)22/h2-3,6-9,15H,4-5,10-14,16H2,1H3. The van der Waals surface area contributed by atoms with Crippen LogP contribution in [0, 0.1) is 0 Å². The van der Waals surface area contributed by atoms with Crippen molar-refractivity contribution in [1.82, 2.24) is 4.90 Å². The van der Waals surface area contributed by atoms with E-state index in [2.05, 4.69) is 33.0 Å². The molecule has 0 radical (unpaired) electrons. The third kappa shape index (κ3) is 5.47. The first-order valence-electron chi connectivity index (χ1n) is 9.09. The van der Waals surface area contributed by atoms with Gasteiger partial charge in [-0.25, -0.2) is 0 Å². The molecule has 2 aromatic rings. The summed E-state index contributed by atoms with van der Waals surface area (Å²) in [4.78, 5) is 2.48. The predicted octanol–water partition coefficient (Wildman–Crippen LogP) is 4.30. The molecule has 26 heavy (non-hydrogen) atoms. The average Bonchev–Trinajstić information content (AvgIpc) is 2.68. The molecule has 0 aliphatic carbocycles. The van der Waals surface area contributed by atoms with E-state index < -0.39 is 0 Å². The van der Waals surface area contributed by atoms with E-state index in [1.807, 2.05) is 30.3 Å². The van der Waals surface area contributed by atoms with E-state index in [1.165, 1.54) is 5.56 Å². The summed E-state index contributed by atoms with van der Waals surface area (Å²) in [5, 5.41) is 0. The second-order valence-corrected chi connectivity index (χ2v) is 7.28. The summed E-state index contributed by atoms with van der Waals surface area (Å²) in [5.41, 5.74) is 2.40. The summed E-state index contributed by atoms with van der Waals surface area (Å²) in [5.74, 6) is 1.71. The number of hydrogen-bond acceptors (Lipinski definition) is 4. The Morgan fingerprint density at radius 3 is 2.65 bits per heavy atom. The van der Waals surface area contributed by atoms with Crippen molar-refractivity contribution in [3.8, 4) is 11.5 Å². The fourth-order valence-electron chi connectivity index (χ4n) is 3.15. The van der Waals surface area contributed by atoms with Crippen molar-refractivity contribution < 1.29 is 14.2 Å². The molecule has 1 fully saturated rings. The largest absolute Gasteiger partial charge is 0.496 e. The van der Waals surface area contributed by atoms with Gasteiger partial charge in [-0.05, 0) is 65.1 Å². The van der Waals surface area contributed by atoms with Gasteiger partial charge in [0.25, 0.3) is 0 Å². The van der Waals surface area contributed by atoms with E-state index in [0.29, 0.717) is 6.61 Å². The molecule has 2 aromatic carbocycles. The number of methoxy groups -OCH3 is 1. The topological polar surface area (TPSA) is 30.9 Å². The van der Waals surface area contributed by atoms with Gasteiger partial charge in [-0.15, -0.1) is 0 Å². The third-order valence-electron chi connectivity index (χ3n) is 4.61. The van der Waals surface area contributed by atoms with Gasteiger partial charge in [-0.1, -0.05) is 18.2 Å². The van der Waals surface area contributed by atoms with Gasteiger partial charge in [0.15, 0.2) is 0 Å². The summed E-state index contributed by atoms with van der Waals surface area (Å²) in [6.07, 6.45) is 2.21. The second-order valence-electron chi connectivity index (χ2n) is 6.42. The molecule has 0 bridgehead atoms. The Hall–Kier alpha value is -1.56. The first-order valence-corrected chi connectivity index (χ1v) is 9.89. The van der Waals surface area contributed by atoms with Crippen LogP contribution in [0.3, 0.4) is 0 Å². The van der Waals surface area contributed by atoms with Gasteiger partial charge < -0.3 is 14.2 Å². The maximum atomic E-state index is 5.97. The lowest BCUT2D eigenvalue weighted by Crippen LogP contribution is -2.36. The number of nitrogens with zero attached hydrogens (tertiary/aromatic N) is 1. The second kappa shape index (κ2) is 9.95. The predicted molar refractivity (Wildman–Crippen MR) is 107 cm³/mol. The summed E-state index contributed by atoms with van der Waals surface area (Å²) in [6, 6.07) is 14.3. The van der Waals surface area contributed by atoms with Crippen LogP contribution in [0.1, 0.15) is 17.5 Å². The molecule has 0 N–H and O–H groups in total. The van der Waals surface area contributed by atoms with Gasteiger partial charge in [-0.3, -0.25) is 4.90 Å². The van der Waals surface area contributed by atoms with Crippen LogP contribution in [0.5, 0.6) is 11.5 Å². The van der Waals surface area contributed by atoms with Crippen LogP contribution in [-0.2, 0) is 17.8 Å². The van der Waals surface area contributed by atoms with Gasteiger partial charge >= 0.3 is 0 Å². The number of halogens is 1. The molecule has 0 amide bonds. The molecule has 1 aliphatic heterocycles. The Balaban J connectivity index is 1.57. The van der Waals surface area contributed by atoms with E-state index >= 15 is 0 Å². The highest BCUT2D eigenvalue weighted by Crippen LogP contribution is 2.27. The van der Waals surface area contributed by atoms with Crippen molar-refractivity contribution in [2.24, 2.45) is 0 Å². The first-order chi connectivity index (χ1) is 12.8. The maximum Gasteiger partial charge on any atom is 0.133 e. The highest BCUT2D eigenvalue weighted by molar-refractivity contribution is 9.10. The van der Waals surface area contributed by atoms with E-state index in [1.54, 1.807) is 7.11 Å². The van der Waals surface area contributed by atoms with Crippen molar-refractivity contribution >= 4 is 15.9 Å². The Morgan fingerprint density at radius 1 is 1.08 bits per heavy atom. The smallest absolute Gasteiger partial charge is 0.133 e. The lowest BCUT2D eigenvalue weighted by molar-refractivity contribution is 0.0374. The van der Waals surface area contributed by atoms with Crippen molar-refractivity contribution in [3.05, 3.63) is 58.1 Å². The fourth-order valence-corrected chi connectivity index (χ4v) is 3.55. The Bertz CT molecular complexity index is 701. The first kappa shape index (κ1) is 19.2. The van der Waals surface area contributed by atoms with Gasteiger partial charge in [0, 0.05) is 18.7 Å². The minimum atomic E-state index is 0.489. The summed E-state index contributed by atoms with van der Waals surface area (Å²) < 4.78 is 17.8. The van der Waals surface area contributed by atoms with E-state index in [0.717, 1.165) is 67.2 Å². The summed E-state index contributed by atoms with van der Waals surface area (Å²) in [7, 11) is 1.70. The van der Waals surface area contributed by atoms with Crippen LogP contribution in [-0.4, -0.2) is 44.9 Å². The molecule has 0 aromatic heterocycles. The quantitative estimate of drug-likeness (QED) is 0.637. The zero-order chi connectivity index (χ0) is 18.2. The van der Waals surface area contributed by atoms with Crippen molar-refractivity contribution in [1.29, 1.82) is 0 Å². The number of aryl methyl sites for hydroxylation is 1. The Morgan fingerprint density at radius 2 is 1.88 bits per heavy atom. The number of hydrogen-bond donors (Lipinski definition) is 0. The molecule has 1 saturated heterocycles. The van der Waals surface area contributed by atoms with Crippen LogP contribution in [0.15, 0.2) is 46.9 Å². The van der Waals surface area contributed by atoms with Gasteiger partial charge in [0.1, 0.15) is 18.1 Å². The minimum Gasteiger partial charge on any atom is -0.496 e. The van der Waals surface area contributed by atoms with Crippen molar-refractivity contribution in [3.63, 3.8) is 0 Å². The average molecular weight is 420 g/mol. The summed E-state index contributed by atoms with van der Waals surface area (Å²) >= 11 is 3.52. The molecule has 140 valence electrons. The normalized spacial score (nSPS) is 15.0. The number of morpholine rings is 1. The molecule has 0 saturated carbocycles. The van der Waals surface area contributed by atoms with Crippen LogP contribution in [0.25, 0.3) is 0 Å². The van der Waals surface area contributed by atoms with Crippen molar-refractivity contribution in [2.75, 3.05) is 40.0 Å². The van der Waals surface area contributed by atoms with Crippen LogP contribution < -0.4 is 9.47 Å². The number of rotatable bonds is 8. The molecular weight excluding hydrogens is 394 g/mol. The molecule has 0 spiro atoms. The molecule has 3 rings (SSSR count). The van der Waals surface area contributed by atoms with Crippen LogP contribution >= 0.6 is 15.9 Å². The van der Waals surface area contributed by atoms with Gasteiger partial charge in [0.2, 0.25) is 0 Å². The summed E-state index contributed by atoms with van der Waals surface area (Å²) in [6.45, 7) is 5.43. The lowest BCUT2D eigenvalue weighted by atomic mass is 10.1. The minimum absolute atomic E-state index is 0.489. The number of ether oxygens (including phenoxy) is 3. The molecule has 0 unspecified atom stereocenters. The van der Waals surface area contributed by atoms with Crippen molar-refractivity contribution in [2.45, 2.75) is 19.4 Å². The zero-order valence-electron chi connectivity index (χ0n) is 15.2. The molecule has 4 nitrogen and oxygen atoms in total. The van der Waals surface area contributed by atoms with Gasteiger partial charge in [-0.2, -0.15) is 0 Å². The van der Waals surface area contributed by atoms with Crippen LogP contribution in [0.4, 0.5) is 0 Å². The fraction of sp³-hybridized carbons (Fsp3) is 0.429. The Labute approximate surface area is 164 Å².